The molecular formula is C24H21N2NaO5S. The van der Waals surface area contributed by atoms with Crippen molar-refractivity contribution in [3.63, 3.8) is 0 Å². The fourth-order valence-corrected chi connectivity index (χ4v) is 3.65. The molecule has 1 amide bonds. The van der Waals surface area contributed by atoms with Crippen molar-refractivity contribution in [2.45, 2.75) is 26.7 Å². The Morgan fingerprint density at radius 1 is 1.21 bits per heavy atom. The number of benzene rings is 2. The van der Waals surface area contributed by atoms with Crippen LogP contribution in [0.2, 0.25) is 0 Å². The van der Waals surface area contributed by atoms with E-state index in [1.165, 1.54) is 18.0 Å². The van der Waals surface area contributed by atoms with Crippen molar-refractivity contribution in [1.82, 2.24) is 5.32 Å². The summed E-state index contributed by atoms with van der Waals surface area (Å²) in [5.41, 5.74) is 2.49. The topological polar surface area (TPSA) is 109 Å². The summed E-state index contributed by atoms with van der Waals surface area (Å²) < 4.78 is 5.61. The number of carbonyl (C=O) groups excluding carboxylic acids is 1. The van der Waals surface area contributed by atoms with Crippen molar-refractivity contribution >= 4 is 51.5 Å². The van der Waals surface area contributed by atoms with E-state index in [0.717, 1.165) is 12.5 Å². The molecule has 9 heteroatoms. The minimum atomic E-state index is -0.833. The van der Waals surface area contributed by atoms with E-state index >= 15 is 0 Å². The molecule has 33 heavy (non-hydrogen) atoms. The van der Waals surface area contributed by atoms with Crippen LogP contribution in [0.5, 0.6) is 0 Å². The van der Waals surface area contributed by atoms with E-state index in [4.69, 9.17) is 14.3 Å². The monoisotopic (exact) mass is 472 g/mol. The predicted octanol–water partition coefficient (Wildman–Crippen LogP) is 1.70. The van der Waals surface area contributed by atoms with Crippen molar-refractivity contribution in [1.29, 1.82) is 0 Å². The summed E-state index contributed by atoms with van der Waals surface area (Å²) in [6, 6.07) is 15.6. The molecule has 1 aromatic heterocycles. The Morgan fingerprint density at radius 3 is 2.52 bits per heavy atom. The summed E-state index contributed by atoms with van der Waals surface area (Å²) in [5, 5.41) is 11.1. The van der Waals surface area contributed by atoms with Gasteiger partial charge in [-0.3, -0.25) is 19.4 Å². The van der Waals surface area contributed by atoms with Gasteiger partial charge in [-0.2, -0.15) is 18.2 Å². The molecule has 0 atom stereocenters. The molecule has 3 aromatic rings. The molecule has 1 aliphatic heterocycles. The van der Waals surface area contributed by atoms with Gasteiger partial charge in [0.1, 0.15) is 11.8 Å². The first kappa shape index (κ1) is 26.6. The van der Waals surface area contributed by atoms with E-state index in [0.29, 0.717) is 38.2 Å². The maximum atomic E-state index is 12.9. The molecule has 0 bridgehead atoms. The number of carboxylic acids is 1. The van der Waals surface area contributed by atoms with Crippen LogP contribution in [0, 0.1) is 6.07 Å². The number of nitrogens with one attached hydrogen (secondary N) is 1. The number of hydrogen-bond donors (Lipinski definition) is 2. The number of amides is 1. The maximum absolute atomic E-state index is 12.9. The Labute approximate surface area is 217 Å². The summed E-state index contributed by atoms with van der Waals surface area (Å²) in [5.74, 6) is -0.821. The Bertz CT molecular complexity index is 1280. The first-order valence-electron chi connectivity index (χ1n) is 9.75. The predicted molar refractivity (Wildman–Crippen MR) is 126 cm³/mol. The van der Waals surface area contributed by atoms with Crippen molar-refractivity contribution < 1.29 is 48.7 Å². The van der Waals surface area contributed by atoms with Crippen molar-refractivity contribution in [3.05, 3.63) is 81.0 Å². The van der Waals surface area contributed by atoms with E-state index in [2.05, 4.69) is 30.2 Å². The molecule has 0 spiro atoms. The SMILES string of the molecule is CC(=O)O.CC(C)c1ccc2occ(C=C3SC(=Nc4cc[c-]cc4)NC3=O)c(=O)c2c1.[Na+]. The third-order valence-corrected chi connectivity index (χ3v) is 5.27. The number of carboxylic acid groups (broad SMARTS) is 1. The van der Waals surface area contributed by atoms with Crippen LogP contribution in [-0.4, -0.2) is 22.2 Å². The molecule has 4 rings (SSSR count). The van der Waals surface area contributed by atoms with E-state index in [1.807, 2.05) is 18.2 Å². The fourth-order valence-electron chi connectivity index (χ4n) is 2.81. The molecular weight excluding hydrogens is 451 g/mol. The number of nitrogens with zero attached hydrogens (tertiary/aromatic N) is 1. The number of rotatable bonds is 3. The van der Waals surface area contributed by atoms with Crippen LogP contribution in [0.1, 0.15) is 37.8 Å². The average molecular weight is 472 g/mol. The quantitative estimate of drug-likeness (QED) is 0.341. The molecule has 1 saturated heterocycles. The molecule has 0 unspecified atom stereocenters. The molecule has 2 heterocycles. The molecule has 164 valence electrons. The van der Waals surface area contributed by atoms with Crippen LogP contribution in [0.3, 0.4) is 0 Å². The van der Waals surface area contributed by atoms with E-state index in [1.54, 1.807) is 30.3 Å². The zero-order valence-electron chi connectivity index (χ0n) is 18.7. The number of aliphatic carboxylic acids is 1. The van der Waals surface area contributed by atoms with Crippen LogP contribution < -0.4 is 40.3 Å². The van der Waals surface area contributed by atoms with Crippen LogP contribution in [-0.2, 0) is 9.59 Å². The van der Waals surface area contributed by atoms with E-state index in [9.17, 15) is 9.59 Å². The number of aliphatic imine (C=N–C) groups is 1. The van der Waals surface area contributed by atoms with Gasteiger partial charge in [-0.25, -0.2) is 0 Å². The van der Waals surface area contributed by atoms with Gasteiger partial charge in [0.2, 0.25) is 0 Å². The number of hydrogen-bond acceptors (Lipinski definition) is 6. The van der Waals surface area contributed by atoms with Gasteiger partial charge in [0.15, 0.2) is 10.6 Å². The van der Waals surface area contributed by atoms with Gasteiger partial charge in [0.05, 0.1) is 15.9 Å². The minimum absolute atomic E-state index is 0. The van der Waals surface area contributed by atoms with Crippen LogP contribution >= 0.6 is 11.8 Å². The Morgan fingerprint density at radius 2 is 1.88 bits per heavy atom. The van der Waals surface area contributed by atoms with Crippen LogP contribution in [0.15, 0.2) is 67.8 Å². The van der Waals surface area contributed by atoms with Gasteiger partial charge in [-0.1, -0.05) is 19.9 Å². The maximum Gasteiger partial charge on any atom is 1.00 e. The third-order valence-electron chi connectivity index (χ3n) is 4.36. The summed E-state index contributed by atoms with van der Waals surface area (Å²) in [7, 11) is 0. The Kier molecular flexibility index (Phi) is 9.67. The smallest absolute Gasteiger partial charge is 0.481 e. The number of amidine groups is 1. The van der Waals surface area contributed by atoms with Gasteiger partial charge in [-0.15, -0.1) is 12.1 Å². The fraction of sp³-hybridized carbons (Fsp3) is 0.167. The second-order valence-electron chi connectivity index (χ2n) is 7.19. The average Bonchev–Trinajstić information content (AvgIpc) is 3.08. The van der Waals surface area contributed by atoms with E-state index in [-0.39, 0.29) is 40.9 Å². The molecule has 1 aliphatic rings. The summed E-state index contributed by atoms with van der Waals surface area (Å²) >= 11 is 1.19. The van der Waals surface area contributed by atoms with Gasteiger partial charge in [0.25, 0.3) is 11.9 Å². The first-order chi connectivity index (χ1) is 15.2. The third kappa shape index (κ3) is 7.17. The molecule has 2 N–H and O–H groups in total. The molecule has 0 saturated carbocycles. The van der Waals surface area contributed by atoms with Gasteiger partial charge < -0.3 is 14.8 Å². The number of thioether (sulfide) groups is 1. The van der Waals surface area contributed by atoms with Crippen molar-refractivity contribution in [3.8, 4) is 0 Å². The standard InChI is InChI=1S/C22H17N2O3S.C2H4O2.Na/c1-13(2)14-8-9-18-17(10-14)20(25)15(12-27-18)11-19-21(26)24-22(28-19)23-16-6-4-3-5-7-16;1-2(3)4;/h4-13H,1-2H3,(H,23,24,26);1H3,(H,3,4);/q-1;;+1. The van der Waals surface area contributed by atoms with Crippen LogP contribution in [0.4, 0.5) is 5.69 Å². The van der Waals surface area contributed by atoms with Gasteiger partial charge in [0, 0.05) is 6.92 Å². The molecule has 0 aliphatic carbocycles. The van der Waals surface area contributed by atoms with Gasteiger partial charge >= 0.3 is 29.6 Å². The Balaban J connectivity index is 0.000000714. The first-order valence-corrected chi connectivity index (χ1v) is 10.6. The summed E-state index contributed by atoms with van der Waals surface area (Å²) in [6.45, 7) is 5.22. The second kappa shape index (κ2) is 12.0. The minimum Gasteiger partial charge on any atom is -0.481 e. The normalized spacial score (nSPS) is 15.2. The molecule has 1 fully saturated rings. The second-order valence-corrected chi connectivity index (χ2v) is 8.22. The summed E-state index contributed by atoms with van der Waals surface area (Å²) in [4.78, 5) is 39.0. The molecule has 2 aromatic carbocycles. The van der Waals surface area contributed by atoms with Crippen molar-refractivity contribution in [2.24, 2.45) is 4.99 Å². The van der Waals surface area contributed by atoms with Crippen molar-refractivity contribution in [2.75, 3.05) is 0 Å². The largest absolute Gasteiger partial charge is 1.00 e. The Hall–Kier alpha value is -2.65. The number of fused-ring (bicyclic) bond motifs is 1. The van der Waals surface area contributed by atoms with E-state index < -0.39 is 5.97 Å². The van der Waals surface area contributed by atoms with Crippen LogP contribution in [0.25, 0.3) is 17.0 Å². The molecule has 0 radical (unpaired) electrons. The number of carbonyl (C=O) groups is 2. The van der Waals surface area contributed by atoms with Gasteiger partial charge in [-0.05, 0) is 47.1 Å². The zero-order valence-corrected chi connectivity index (χ0v) is 21.5. The zero-order chi connectivity index (χ0) is 23.3. The summed E-state index contributed by atoms with van der Waals surface area (Å²) in [6.07, 6.45) is 2.94. The molecule has 7 nitrogen and oxygen atoms in total.